The van der Waals surface area contributed by atoms with Gasteiger partial charge in [0.2, 0.25) is 0 Å². The highest BCUT2D eigenvalue weighted by Crippen LogP contribution is 2.25. The molecule has 2 aromatic rings. The first-order chi connectivity index (χ1) is 13.5. The number of carbonyl (C=O) groups excluding carboxylic acids is 2. The highest BCUT2D eigenvalue weighted by atomic mass is 32.1. The van der Waals surface area contributed by atoms with Crippen molar-refractivity contribution in [2.45, 2.75) is 24.9 Å². The van der Waals surface area contributed by atoms with E-state index in [1.165, 1.54) is 4.90 Å². The summed E-state index contributed by atoms with van der Waals surface area (Å²) in [5.74, 6) is -1.22. The van der Waals surface area contributed by atoms with E-state index in [4.69, 9.17) is 0 Å². The van der Waals surface area contributed by atoms with Crippen molar-refractivity contribution in [2.75, 3.05) is 12.3 Å². The van der Waals surface area contributed by atoms with Gasteiger partial charge < -0.3 is 10.0 Å². The predicted octanol–water partition coefficient (Wildman–Crippen LogP) is 2.49. The van der Waals surface area contributed by atoms with Gasteiger partial charge in [0.15, 0.2) is 0 Å². The second kappa shape index (κ2) is 8.93. The fourth-order valence-corrected chi connectivity index (χ4v) is 3.77. The Hall–Kier alpha value is -2.80. The molecule has 0 saturated carbocycles. The zero-order chi connectivity index (χ0) is 20.1. The zero-order valence-corrected chi connectivity index (χ0v) is 16.2. The second-order valence-electron chi connectivity index (χ2n) is 6.74. The molecule has 1 heterocycles. The van der Waals surface area contributed by atoms with Crippen molar-refractivity contribution < 1.29 is 19.5 Å². The van der Waals surface area contributed by atoms with Crippen LogP contribution in [0, 0.1) is 0 Å². The maximum absolute atomic E-state index is 13.1. The molecule has 1 aliphatic rings. The number of thiol groups is 1. The van der Waals surface area contributed by atoms with E-state index in [0.29, 0.717) is 12.2 Å². The highest BCUT2D eigenvalue weighted by Gasteiger charge is 2.48. The molecule has 28 heavy (non-hydrogen) atoms. The Morgan fingerprint density at radius 1 is 1.00 bits per heavy atom. The summed E-state index contributed by atoms with van der Waals surface area (Å²) in [6, 6.07) is 17.0. The molecular weight excluding hydrogens is 376 g/mol. The summed E-state index contributed by atoms with van der Waals surface area (Å²) in [5, 5.41) is 9.24. The number of rotatable bonds is 8. The Balaban J connectivity index is 1.87. The molecule has 146 valence electrons. The molecule has 0 aliphatic carbocycles. The van der Waals surface area contributed by atoms with Crippen LogP contribution in [0.2, 0.25) is 0 Å². The monoisotopic (exact) mass is 398 g/mol. The number of hydrogen-bond acceptors (Lipinski definition) is 4. The van der Waals surface area contributed by atoms with Crippen molar-refractivity contribution in [3.63, 3.8) is 0 Å². The molecule has 2 atom stereocenters. The largest absolute Gasteiger partial charge is 0.480 e. The molecule has 7 heteroatoms. The van der Waals surface area contributed by atoms with Gasteiger partial charge in [0.1, 0.15) is 12.6 Å². The van der Waals surface area contributed by atoms with Gasteiger partial charge in [-0.2, -0.15) is 12.6 Å². The molecule has 1 aliphatic heterocycles. The van der Waals surface area contributed by atoms with E-state index in [1.54, 1.807) is 0 Å². The number of benzene rings is 2. The minimum Gasteiger partial charge on any atom is -0.480 e. The Labute approximate surface area is 169 Å². The number of carboxylic acids is 1. The van der Waals surface area contributed by atoms with Gasteiger partial charge in [-0.25, -0.2) is 4.79 Å². The molecule has 2 unspecified atom stereocenters. The molecule has 1 saturated heterocycles. The van der Waals surface area contributed by atoms with Gasteiger partial charge in [0, 0.05) is 12.2 Å². The van der Waals surface area contributed by atoms with Crippen LogP contribution >= 0.6 is 12.6 Å². The molecule has 6 nitrogen and oxygen atoms in total. The van der Waals surface area contributed by atoms with Crippen LogP contribution in [0.25, 0.3) is 0 Å². The van der Waals surface area contributed by atoms with Gasteiger partial charge >= 0.3 is 12.0 Å². The minimum atomic E-state index is -1.15. The van der Waals surface area contributed by atoms with E-state index in [2.05, 4.69) is 12.6 Å². The first kappa shape index (κ1) is 19.9. The number of amides is 3. The molecule has 0 spiro atoms. The van der Waals surface area contributed by atoms with Crippen LogP contribution in [-0.2, 0) is 22.4 Å². The van der Waals surface area contributed by atoms with Gasteiger partial charge in [0.25, 0.3) is 5.91 Å². The van der Waals surface area contributed by atoms with Crippen LogP contribution in [-0.4, -0.2) is 57.2 Å². The summed E-state index contributed by atoms with van der Waals surface area (Å²) < 4.78 is 0. The van der Waals surface area contributed by atoms with E-state index in [0.717, 1.165) is 16.0 Å². The molecule has 0 radical (unpaired) electrons. The number of nitrogens with zero attached hydrogens (tertiary/aromatic N) is 2. The third-order valence-corrected chi connectivity index (χ3v) is 5.24. The molecule has 0 bridgehead atoms. The number of urea groups is 1. The maximum atomic E-state index is 13.1. The van der Waals surface area contributed by atoms with Crippen molar-refractivity contribution in [1.29, 1.82) is 0 Å². The van der Waals surface area contributed by atoms with Crippen molar-refractivity contribution in [3.8, 4) is 0 Å². The highest BCUT2D eigenvalue weighted by molar-refractivity contribution is 7.80. The number of hydrogen-bond donors (Lipinski definition) is 2. The topological polar surface area (TPSA) is 77.9 Å². The van der Waals surface area contributed by atoms with Gasteiger partial charge in [-0.15, -0.1) is 0 Å². The van der Waals surface area contributed by atoms with Crippen LogP contribution in [0.4, 0.5) is 4.79 Å². The summed E-state index contributed by atoms with van der Waals surface area (Å²) >= 11 is 4.35. The van der Waals surface area contributed by atoms with E-state index in [1.807, 2.05) is 60.7 Å². The fourth-order valence-electron chi connectivity index (χ4n) is 3.48. The van der Waals surface area contributed by atoms with Crippen molar-refractivity contribution in [1.82, 2.24) is 9.80 Å². The van der Waals surface area contributed by atoms with Crippen LogP contribution in [0.1, 0.15) is 11.1 Å². The molecule has 0 aromatic heterocycles. The van der Waals surface area contributed by atoms with Crippen molar-refractivity contribution in [2.24, 2.45) is 0 Å². The fraction of sp³-hybridized carbons (Fsp3) is 0.286. The average Bonchev–Trinajstić information content (AvgIpc) is 2.91. The number of carboxylic acid groups (broad SMARTS) is 1. The Kier molecular flexibility index (Phi) is 6.36. The number of imide groups is 1. The van der Waals surface area contributed by atoms with E-state index >= 15 is 0 Å². The van der Waals surface area contributed by atoms with Crippen LogP contribution in [0.5, 0.6) is 0 Å². The van der Waals surface area contributed by atoms with Crippen molar-refractivity contribution >= 4 is 30.5 Å². The summed E-state index contributed by atoms with van der Waals surface area (Å²) in [6.07, 6.45) is 0.751. The predicted molar refractivity (Wildman–Crippen MR) is 108 cm³/mol. The summed E-state index contributed by atoms with van der Waals surface area (Å²) in [6.45, 7) is -0.511. The first-order valence-electron chi connectivity index (χ1n) is 9.05. The average molecular weight is 398 g/mol. The summed E-state index contributed by atoms with van der Waals surface area (Å²) in [4.78, 5) is 39.8. The minimum absolute atomic E-state index is 0.278. The second-order valence-corrected chi connectivity index (χ2v) is 7.11. The lowest BCUT2D eigenvalue weighted by molar-refractivity contribution is -0.138. The lowest BCUT2D eigenvalue weighted by Crippen LogP contribution is -2.44. The molecule has 1 N–H and O–H groups in total. The van der Waals surface area contributed by atoms with Gasteiger partial charge in [0.05, 0.1) is 6.04 Å². The third kappa shape index (κ3) is 4.36. The van der Waals surface area contributed by atoms with Crippen LogP contribution in [0.3, 0.4) is 0 Å². The molecule has 1 fully saturated rings. The summed E-state index contributed by atoms with van der Waals surface area (Å²) in [7, 11) is 0. The van der Waals surface area contributed by atoms with Crippen molar-refractivity contribution in [3.05, 3.63) is 71.8 Å². The van der Waals surface area contributed by atoms with Gasteiger partial charge in [-0.05, 0) is 17.5 Å². The Bertz CT molecular complexity index is 844. The standard InChI is InChI=1S/C21H22N2O4S/c24-19(25)13-22-18(12-16-9-5-2-6-10-16)20(26)23(21(22)27)17(14-28)11-15-7-3-1-4-8-15/h1-10,17-18,28H,11-14H2,(H,24,25). The lowest BCUT2D eigenvalue weighted by atomic mass is 10.0. The van der Waals surface area contributed by atoms with E-state index < -0.39 is 30.6 Å². The molecular formula is C21H22N2O4S. The number of aliphatic carboxylic acids is 1. The number of carbonyl (C=O) groups is 3. The third-order valence-electron chi connectivity index (χ3n) is 4.82. The zero-order valence-electron chi connectivity index (χ0n) is 15.3. The lowest BCUT2D eigenvalue weighted by Gasteiger charge is -2.24. The SMILES string of the molecule is O=C(O)CN1C(=O)N(C(CS)Cc2ccccc2)C(=O)C1Cc1ccccc1. The smallest absolute Gasteiger partial charge is 0.328 e. The van der Waals surface area contributed by atoms with Gasteiger partial charge in [-0.1, -0.05) is 60.7 Å². The molecule has 3 rings (SSSR count). The Morgan fingerprint density at radius 3 is 2.11 bits per heavy atom. The Morgan fingerprint density at radius 2 is 1.57 bits per heavy atom. The normalized spacial score (nSPS) is 17.8. The van der Waals surface area contributed by atoms with E-state index in [-0.39, 0.29) is 12.3 Å². The first-order valence-corrected chi connectivity index (χ1v) is 9.68. The molecule has 3 amide bonds. The van der Waals surface area contributed by atoms with E-state index in [9.17, 15) is 19.5 Å². The summed E-state index contributed by atoms with van der Waals surface area (Å²) in [5.41, 5.74) is 1.86. The van der Waals surface area contributed by atoms with Crippen LogP contribution in [0.15, 0.2) is 60.7 Å². The van der Waals surface area contributed by atoms with Gasteiger partial charge in [-0.3, -0.25) is 14.5 Å². The van der Waals surface area contributed by atoms with Crippen LogP contribution < -0.4 is 0 Å². The molecule has 2 aromatic carbocycles. The maximum Gasteiger partial charge on any atom is 0.328 e. The quantitative estimate of drug-likeness (QED) is 0.529.